The van der Waals surface area contributed by atoms with Gasteiger partial charge in [-0.2, -0.15) is 0 Å². The van der Waals surface area contributed by atoms with Gasteiger partial charge in [-0.05, 0) is 44.4 Å². The molecule has 39 heavy (non-hydrogen) atoms. The number of aromatic amines is 1. The van der Waals surface area contributed by atoms with Crippen LogP contribution in [0.1, 0.15) is 11.1 Å². The Morgan fingerprint density at radius 1 is 0.897 bits per heavy atom. The fraction of sp³-hybridized carbons (Fsp3) is 0.241. The van der Waals surface area contributed by atoms with Crippen LogP contribution < -0.4 is 4.31 Å². The van der Waals surface area contributed by atoms with Crippen molar-refractivity contribution in [2.24, 2.45) is 4.99 Å². The molecule has 10 heteroatoms. The summed E-state index contributed by atoms with van der Waals surface area (Å²) in [6.07, 6.45) is 1.08. The molecule has 204 valence electrons. The minimum absolute atomic E-state index is 0.00979. The number of carbonyl (C=O) groups excluding carboxylic acids is 1. The zero-order valence-corrected chi connectivity index (χ0v) is 23.3. The molecule has 9 nitrogen and oxygen atoms in total. The van der Waals surface area contributed by atoms with Gasteiger partial charge in [0.05, 0.1) is 28.9 Å². The molecule has 2 N–H and O–H groups in total. The van der Waals surface area contributed by atoms with Crippen LogP contribution in [0.4, 0.5) is 11.4 Å². The van der Waals surface area contributed by atoms with Crippen molar-refractivity contribution in [3.8, 4) is 5.88 Å². The SMILES string of the molecule is CN(C)CCN(C)C(=O)CN(c1ccc(N=C(c2ccccc2)c2c(O)[nH]c3ccccc23)cc1)S(C)(=O)=O. The van der Waals surface area contributed by atoms with Crippen molar-refractivity contribution in [1.29, 1.82) is 0 Å². The third kappa shape index (κ3) is 6.65. The summed E-state index contributed by atoms with van der Waals surface area (Å²) < 4.78 is 26.3. The number of rotatable bonds is 10. The smallest absolute Gasteiger partial charge is 0.243 e. The van der Waals surface area contributed by atoms with Crippen molar-refractivity contribution < 1.29 is 18.3 Å². The minimum Gasteiger partial charge on any atom is -0.494 e. The third-order valence-electron chi connectivity index (χ3n) is 6.34. The van der Waals surface area contributed by atoms with Crippen LogP contribution in [0, 0.1) is 0 Å². The van der Waals surface area contributed by atoms with Gasteiger partial charge in [0, 0.05) is 36.6 Å². The van der Waals surface area contributed by atoms with E-state index in [0.29, 0.717) is 35.7 Å². The second-order valence-corrected chi connectivity index (χ2v) is 11.5. The molecule has 0 saturated heterocycles. The largest absolute Gasteiger partial charge is 0.494 e. The van der Waals surface area contributed by atoms with Gasteiger partial charge in [-0.1, -0.05) is 48.5 Å². The molecule has 0 aliphatic carbocycles. The first kappa shape index (κ1) is 27.9. The quantitative estimate of drug-likeness (QED) is 0.293. The summed E-state index contributed by atoms with van der Waals surface area (Å²) in [4.78, 5) is 24.1. The number of fused-ring (bicyclic) bond motifs is 1. The van der Waals surface area contributed by atoms with Crippen molar-refractivity contribution in [2.45, 2.75) is 0 Å². The van der Waals surface area contributed by atoms with Gasteiger partial charge in [-0.25, -0.2) is 13.4 Å². The maximum atomic E-state index is 12.8. The highest BCUT2D eigenvalue weighted by atomic mass is 32.2. The predicted molar refractivity (Wildman–Crippen MR) is 157 cm³/mol. The van der Waals surface area contributed by atoms with Gasteiger partial charge in [-0.3, -0.25) is 9.10 Å². The average molecular weight is 548 g/mol. The van der Waals surface area contributed by atoms with Crippen molar-refractivity contribution in [1.82, 2.24) is 14.8 Å². The molecule has 1 amide bonds. The summed E-state index contributed by atoms with van der Waals surface area (Å²) in [6.45, 7) is 0.855. The summed E-state index contributed by atoms with van der Waals surface area (Å²) in [5, 5.41) is 11.6. The summed E-state index contributed by atoms with van der Waals surface area (Å²) >= 11 is 0. The summed E-state index contributed by atoms with van der Waals surface area (Å²) in [7, 11) is 1.76. The van der Waals surface area contributed by atoms with E-state index < -0.39 is 10.0 Å². The van der Waals surface area contributed by atoms with E-state index in [9.17, 15) is 18.3 Å². The van der Waals surface area contributed by atoms with Gasteiger partial charge in [0.1, 0.15) is 6.54 Å². The molecule has 0 aliphatic heterocycles. The van der Waals surface area contributed by atoms with E-state index >= 15 is 0 Å². The highest BCUT2D eigenvalue weighted by molar-refractivity contribution is 7.92. The maximum absolute atomic E-state index is 12.8. The predicted octanol–water partition coefficient (Wildman–Crippen LogP) is 3.83. The number of nitrogens with one attached hydrogen (secondary N) is 1. The first-order chi connectivity index (χ1) is 18.5. The second-order valence-electron chi connectivity index (χ2n) is 9.63. The molecule has 0 fully saturated rings. The van der Waals surface area contributed by atoms with Gasteiger partial charge in [0.2, 0.25) is 15.9 Å². The van der Waals surface area contributed by atoms with E-state index in [0.717, 1.165) is 27.0 Å². The Balaban J connectivity index is 1.69. The number of likely N-dealkylation sites (N-methyl/N-ethyl adjacent to an activating group) is 2. The van der Waals surface area contributed by atoms with Crippen molar-refractivity contribution in [3.63, 3.8) is 0 Å². The van der Waals surface area contributed by atoms with Gasteiger partial charge < -0.3 is 19.9 Å². The molecule has 1 heterocycles. The lowest BCUT2D eigenvalue weighted by molar-refractivity contribution is -0.128. The number of aliphatic imine (C=N–C) groups is 1. The minimum atomic E-state index is -3.72. The summed E-state index contributed by atoms with van der Waals surface area (Å²) in [5.74, 6) is -0.291. The normalized spacial score (nSPS) is 12.2. The zero-order valence-electron chi connectivity index (χ0n) is 22.5. The van der Waals surface area contributed by atoms with Crippen LogP contribution in [0.5, 0.6) is 5.88 Å². The van der Waals surface area contributed by atoms with Crippen molar-refractivity contribution in [2.75, 3.05) is 51.3 Å². The fourth-order valence-electron chi connectivity index (χ4n) is 4.17. The number of benzene rings is 3. The highest BCUT2D eigenvalue weighted by Gasteiger charge is 2.23. The van der Waals surface area contributed by atoms with Crippen LogP contribution in [0.3, 0.4) is 0 Å². The van der Waals surface area contributed by atoms with Crippen molar-refractivity contribution in [3.05, 3.63) is 90.0 Å². The third-order valence-corrected chi connectivity index (χ3v) is 7.48. The van der Waals surface area contributed by atoms with Gasteiger partial charge in [-0.15, -0.1) is 0 Å². The standard InChI is InChI=1S/C29H33N5O4S/c1-32(2)18-19-33(3)26(35)20-34(39(4,37)38)23-16-14-22(15-17-23)30-28(21-10-6-5-7-11-21)27-24-12-8-9-13-25(24)31-29(27)36/h5-17,31,36H,18-20H2,1-4H3. The number of nitrogens with zero attached hydrogens (tertiary/aromatic N) is 4. The lowest BCUT2D eigenvalue weighted by atomic mass is 10.0. The Morgan fingerprint density at radius 2 is 1.54 bits per heavy atom. The van der Waals surface area contributed by atoms with Crippen LogP contribution in [0.2, 0.25) is 0 Å². The van der Waals surface area contributed by atoms with Crippen molar-refractivity contribution >= 4 is 43.9 Å². The number of para-hydroxylation sites is 1. The first-order valence-corrected chi connectivity index (χ1v) is 14.3. The molecule has 4 rings (SSSR count). The summed E-state index contributed by atoms with van der Waals surface area (Å²) in [6, 6.07) is 23.8. The lowest BCUT2D eigenvalue weighted by Gasteiger charge is -2.26. The number of carbonyl (C=O) groups is 1. The molecule has 0 aliphatic rings. The van der Waals surface area contributed by atoms with Crippen LogP contribution in [-0.4, -0.2) is 87.0 Å². The number of aromatic nitrogens is 1. The van der Waals surface area contributed by atoms with Gasteiger partial charge >= 0.3 is 0 Å². The molecule has 0 spiro atoms. The maximum Gasteiger partial charge on any atom is 0.243 e. The number of sulfonamides is 1. The van der Waals surface area contributed by atoms with E-state index in [1.54, 1.807) is 31.3 Å². The Bertz CT molecular complexity index is 1580. The molecule has 0 atom stereocenters. The molecule has 0 bridgehead atoms. The molecule has 1 aromatic heterocycles. The number of H-pyrrole nitrogens is 1. The number of amides is 1. The van der Waals surface area contributed by atoms with Gasteiger partial charge in [0.25, 0.3) is 0 Å². The number of aromatic hydroxyl groups is 1. The Hall–Kier alpha value is -4.15. The Labute approximate surface area is 229 Å². The van der Waals surface area contributed by atoms with Crippen LogP contribution in [-0.2, 0) is 14.8 Å². The molecule has 4 aromatic rings. The van der Waals surface area contributed by atoms with E-state index in [4.69, 9.17) is 4.99 Å². The van der Waals surface area contributed by atoms with E-state index in [1.807, 2.05) is 73.6 Å². The molecule has 0 saturated carbocycles. The fourth-order valence-corrected chi connectivity index (χ4v) is 5.02. The van der Waals surface area contributed by atoms with Gasteiger partial charge in [0.15, 0.2) is 5.88 Å². The molecule has 0 radical (unpaired) electrons. The average Bonchev–Trinajstić information content (AvgIpc) is 3.24. The first-order valence-electron chi connectivity index (χ1n) is 12.4. The topological polar surface area (TPSA) is 109 Å². The number of hydrogen-bond acceptors (Lipinski definition) is 6. The Kier molecular flexibility index (Phi) is 8.37. The van der Waals surface area contributed by atoms with E-state index in [2.05, 4.69) is 4.98 Å². The van der Waals surface area contributed by atoms with Crippen LogP contribution in [0.25, 0.3) is 10.9 Å². The Morgan fingerprint density at radius 3 is 2.18 bits per heavy atom. The number of hydrogen-bond donors (Lipinski definition) is 2. The van der Waals surface area contributed by atoms with Crippen LogP contribution >= 0.6 is 0 Å². The zero-order chi connectivity index (χ0) is 28.2. The molecular weight excluding hydrogens is 514 g/mol. The number of anilines is 1. The second kappa shape index (κ2) is 11.7. The summed E-state index contributed by atoms with van der Waals surface area (Å²) in [5.41, 5.74) is 3.66. The monoisotopic (exact) mass is 547 g/mol. The molecular formula is C29H33N5O4S. The molecule has 3 aromatic carbocycles. The molecule has 0 unspecified atom stereocenters. The highest BCUT2D eigenvalue weighted by Crippen LogP contribution is 2.32. The van der Waals surface area contributed by atoms with E-state index in [-0.39, 0.29) is 18.3 Å². The van der Waals surface area contributed by atoms with Crippen LogP contribution in [0.15, 0.2) is 83.9 Å². The van der Waals surface area contributed by atoms with E-state index in [1.165, 1.54) is 4.90 Å². The lowest BCUT2D eigenvalue weighted by Crippen LogP contribution is -2.43.